The molecule has 0 N–H and O–H groups in total. The van der Waals surface area contributed by atoms with Gasteiger partial charge in [0, 0.05) is 6.42 Å². The molecule has 0 aliphatic carbocycles. The lowest BCUT2D eigenvalue weighted by Gasteiger charge is -2.24. The first-order valence-corrected chi connectivity index (χ1v) is 8.87. The third kappa shape index (κ3) is 5.24. The van der Waals surface area contributed by atoms with Crippen molar-refractivity contribution in [3.8, 4) is 5.75 Å². The fourth-order valence-corrected chi connectivity index (χ4v) is 3.23. The normalized spacial score (nSPS) is 12.2. The second kappa shape index (κ2) is 7.91. The number of phosphoric acid groups is 1. The first kappa shape index (κ1) is 18.9. The molecular formula is C16H25O5P. The van der Waals surface area contributed by atoms with Crippen LogP contribution in [0.4, 0.5) is 0 Å². The van der Waals surface area contributed by atoms with E-state index in [1.54, 1.807) is 26.0 Å². The van der Waals surface area contributed by atoms with Crippen molar-refractivity contribution in [2.45, 2.75) is 46.5 Å². The summed E-state index contributed by atoms with van der Waals surface area (Å²) < 4.78 is 28.2. The number of phosphoric ester groups is 1. The Bertz CT molecular complexity index is 543. The molecule has 0 saturated heterocycles. The topological polar surface area (TPSA) is 61.8 Å². The molecule has 0 aliphatic heterocycles. The van der Waals surface area contributed by atoms with Gasteiger partial charge in [-0.2, -0.15) is 0 Å². The minimum absolute atomic E-state index is 0.229. The smallest absolute Gasteiger partial charge is 0.404 e. The number of benzene rings is 1. The average Bonchev–Trinajstić information content (AvgIpc) is 2.38. The van der Waals surface area contributed by atoms with Gasteiger partial charge >= 0.3 is 7.82 Å². The van der Waals surface area contributed by atoms with E-state index in [1.165, 1.54) is 0 Å². The molecule has 0 atom stereocenters. The highest BCUT2D eigenvalue weighted by Crippen LogP contribution is 2.49. The molecule has 0 unspecified atom stereocenters. The van der Waals surface area contributed by atoms with Gasteiger partial charge in [0.15, 0.2) is 0 Å². The van der Waals surface area contributed by atoms with E-state index in [1.807, 2.05) is 26.8 Å². The van der Waals surface area contributed by atoms with Gasteiger partial charge in [-0.15, -0.1) is 0 Å². The van der Waals surface area contributed by atoms with Crippen LogP contribution in [0.25, 0.3) is 0 Å². The molecule has 0 fully saturated rings. The average molecular weight is 328 g/mol. The lowest BCUT2D eigenvalue weighted by Crippen LogP contribution is -2.18. The van der Waals surface area contributed by atoms with Crippen LogP contribution in [0.2, 0.25) is 0 Å². The molecule has 6 heteroatoms. The number of hydrogen-bond acceptors (Lipinski definition) is 5. The highest BCUT2D eigenvalue weighted by atomic mass is 31.2. The monoisotopic (exact) mass is 328 g/mol. The number of carbonyl (C=O) groups excluding carboxylic acids is 1. The lowest BCUT2D eigenvalue weighted by molar-refractivity contribution is -0.108. The van der Waals surface area contributed by atoms with Crippen LogP contribution in [-0.4, -0.2) is 19.5 Å². The molecule has 0 aliphatic rings. The minimum atomic E-state index is -3.62. The van der Waals surface area contributed by atoms with Crippen molar-refractivity contribution in [2.75, 3.05) is 13.2 Å². The van der Waals surface area contributed by atoms with Crippen LogP contribution in [0.1, 0.15) is 45.2 Å². The molecule has 0 heterocycles. The van der Waals surface area contributed by atoms with Crippen molar-refractivity contribution in [3.63, 3.8) is 0 Å². The molecule has 0 spiro atoms. The summed E-state index contributed by atoms with van der Waals surface area (Å²) in [5, 5.41) is 0. The maximum Gasteiger partial charge on any atom is 0.530 e. The number of aldehydes is 1. The third-order valence-electron chi connectivity index (χ3n) is 3.22. The molecule has 124 valence electrons. The largest absolute Gasteiger partial charge is 0.530 e. The molecule has 22 heavy (non-hydrogen) atoms. The second-order valence-corrected chi connectivity index (χ2v) is 7.26. The zero-order valence-electron chi connectivity index (χ0n) is 13.9. The summed E-state index contributed by atoms with van der Waals surface area (Å²) in [6, 6.07) is 5.54. The van der Waals surface area contributed by atoms with Gasteiger partial charge in [-0.1, -0.05) is 19.9 Å². The number of rotatable bonds is 9. The highest BCUT2D eigenvalue weighted by molar-refractivity contribution is 7.48. The SMILES string of the molecule is CCOP(=O)(OCC)Oc1cc(C)cc(C(C)(C)CC=O)c1. The molecule has 0 amide bonds. The Morgan fingerprint density at radius 1 is 1.14 bits per heavy atom. The molecule has 0 saturated carbocycles. The predicted molar refractivity (Wildman–Crippen MR) is 86.4 cm³/mol. The van der Waals surface area contributed by atoms with Crippen LogP contribution in [0, 0.1) is 6.92 Å². The first-order chi connectivity index (χ1) is 10.3. The Balaban J connectivity index is 3.13. The van der Waals surface area contributed by atoms with Gasteiger partial charge in [0.25, 0.3) is 0 Å². The standard InChI is InChI=1S/C16H25O5P/c1-6-19-22(18,20-7-2)21-15-11-13(3)10-14(12-15)16(4,5)8-9-17/h9-12H,6-8H2,1-5H3. The quantitative estimate of drug-likeness (QED) is 0.496. The first-order valence-electron chi connectivity index (χ1n) is 7.41. The minimum Gasteiger partial charge on any atom is -0.404 e. The third-order valence-corrected chi connectivity index (χ3v) is 4.80. The van der Waals surface area contributed by atoms with E-state index < -0.39 is 7.82 Å². The number of aryl methyl sites for hydroxylation is 1. The van der Waals surface area contributed by atoms with Gasteiger partial charge in [-0.25, -0.2) is 4.57 Å². The van der Waals surface area contributed by atoms with Crippen molar-refractivity contribution in [3.05, 3.63) is 29.3 Å². The molecule has 1 rings (SSSR count). The van der Waals surface area contributed by atoms with E-state index in [0.29, 0.717) is 12.2 Å². The van der Waals surface area contributed by atoms with E-state index in [4.69, 9.17) is 13.6 Å². The van der Waals surface area contributed by atoms with Crippen LogP contribution in [0.5, 0.6) is 5.75 Å². The van der Waals surface area contributed by atoms with Gasteiger partial charge in [0.2, 0.25) is 0 Å². The van der Waals surface area contributed by atoms with Crippen molar-refractivity contribution in [2.24, 2.45) is 0 Å². The maximum absolute atomic E-state index is 12.5. The highest BCUT2D eigenvalue weighted by Gasteiger charge is 2.28. The Kier molecular flexibility index (Phi) is 6.79. The Hall–Kier alpha value is -1.16. The van der Waals surface area contributed by atoms with Crippen molar-refractivity contribution in [1.82, 2.24) is 0 Å². The van der Waals surface area contributed by atoms with Crippen LogP contribution in [0.3, 0.4) is 0 Å². The number of hydrogen-bond donors (Lipinski definition) is 0. The fraction of sp³-hybridized carbons (Fsp3) is 0.562. The number of carbonyl (C=O) groups is 1. The van der Waals surface area contributed by atoms with Gasteiger partial charge in [0.05, 0.1) is 13.2 Å². The van der Waals surface area contributed by atoms with E-state index in [0.717, 1.165) is 17.4 Å². The summed E-state index contributed by atoms with van der Waals surface area (Å²) in [6.45, 7) is 9.78. The predicted octanol–water partition coefficient (Wildman–Crippen LogP) is 4.42. The summed E-state index contributed by atoms with van der Waals surface area (Å²) >= 11 is 0. The van der Waals surface area contributed by atoms with Crippen molar-refractivity contribution in [1.29, 1.82) is 0 Å². The van der Waals surface area contributed by atoms with Gasteiger partial charge < -0.3 is 9.32 Å². The van der Waals surface area contributed by atoms with Crippen LogP contribution in [0.15, 0.2) is 18.2 Å². The lowest BCUT2D eigenvalue weighted by atomic mass is 9.81. The molecule has 5 nitrogen and oxygen atoms in total. The van der Waals surface area contributed by atoms with Crippen LogP contribution in [-0.2, 0) is 23.8 Å². The van der Waals surface area contributed by atoms with Gasteiger partial charge in [0.1, 0.15) is 12.0 Å². The summed E-state index contributed by atoms with van der Waals surface area (Å²) in [7, 11) is -3.62. The van der Waals surface area contributed by atoms with E-state index in [9.17, 15) is 9.36 Å². The molecule has 1 aromatic carbocycles. The molecular weight excluding hydrogens is 303 g/mol. The van der Waals surface area contributed by atoms with E-state index in [-0.39, 0.29) is 18.6 Å². The van der Waals surface area contributed by atoms with Gasteiger partial charge in [-0.3, -0.25) is 9.05 Å². The zero-order chi connectivity index (χ0) is 16.8. The van der Waals surface area contributed by atoms with Crippen LogP contribution >= 0.6 is 7.82 Å². The Labute approximate surface area is 132 Å². The Morgan fingerprint density at radius 3 is 2.23 bits per heavy atom. The van der Waals surface area contributed by atoms with Crippen molar-refractivity contribution >= 4 is 14.1 Å². The molecule has 0 aromatic heterocycles. The Morgan fingerprint density at radius 2 is 1.73 bits per heavy atom. The van der Waals surface area contributed by atoms with Crippen LogP contribution < -0.4 is 4.52 Å². The second-order valence-electron chi connectivity index (χ2n) is 5.66. The van der Waals surface area contributed by atoms with E-state index in [2.05, 4.69) is 0 Å². The zero-order valence-corrected chi connectivity index (χ0v) is 14.8. The maximum atomic E-state index is 12.5. The summed E-state index contributed by atoms with van der Waals surface area (Å²) in [6.07, 6.45) is 1.29. The summed E-state index contributed by atoms with van der Waals surface area (Å²) in [4.78, 5) is 10.8. The molecule has 1 aromatic rings. The van der Waals surface area contributed by atoms with E-state index >= 15 is 0 Å². The summed E-state index contributed by atoms with van der Waals surface area (Å²) in [5.41, 5.74) is 1.56. The van der Waals surface area contributed by atoms with Gasteiger partial charge in [-0.05, 0) is 49.4 Å². The fourth-order valence-electron chi connectivity index (χ4n) is 2.05. The summed E-state index contributed by atoms with van der Waals surface area (Å²) in [5.74, 6) is 0.416. The molecule has 0 radical (unpaired) electrons. The van der Waals surface area contributed by atoms with Crippen molar-refractivity contribution < 1.29 is 22.9 Å². The molecule has 0 bridgehead atoms.